The summed E-state index contributed by atoms with van der Waals surface area (Å²) >= 11 is 0. The Bertz CT molecular complexity index is 874. The van der Waals surface area contributed by atoms with Crippen LogP contribution in [-0.2, 0) is 9.53 Å². The lowest BCUT2D eigenvalue weighted by Crippen LogP contribution is -2.31. The Morgan fingerprint density at radius 3 is 1.63 bits per heavy atom. The van der Waals surface area contributed by atoms with Crippen molar-refractivity contribution >= 4 is 5.97 Å². The molecule has 0 heterocycles. The molecule has 0 N–H and O–H groups in total. The van der Waals surface area contributed by atoms with Crippen LogP contribution in [0.15, 0.2) is 36.4 Å². The molecule has 0 saturated heterocycles. The first-order valence-electron chi connectivity index (χ1n) is 9.46. The lowest BCUT2D eigenvalue weighted by Gasteiger charge is -2.34. The minimum absolute atomic E-state index is 0.454. The number of rotatable bonds is 9. The second-order valence-corrected chi connectivity index (χ2v) is 7.30. The molecule has 2 atom stereocenters. The molecule has 0 unspecified atom stereocenters. The van der Waals surface area contributed by atoms with Crippen LogP contribution in [0, 0.1) is 0 Å². The van der Waals surface area contributed by atoms with E-state index in [2.05, 4.69) is 0 Å². The van der Waals surface area contributed by atoms with Crippen molar-refractivity contribution in [3.05, 3.63) is 47.5 Å². The molecule has 0 bridgehead atoms. The zero-order valence-corrected chi connectivity index (χ0v) is 18.4. The monoisotopic (exact) mass is 420 g/mol. The summed E-state index contributed by atoms with van der Waals surface area (Å²) in [5.41, 5.74) is -0.568. The number of carbonyl (C=O) groups is 1. The normalized spacial score (nSPS) is 13.2. The first kappa shape index (κ1) is 23.3. The fourth-order valence-corrected chi connectivity index (χ4v) is 3.51. The third-order valence-electron chi connectivity index (χ3n) is 4.84. The Labute approximate surface area is 176 Å². The van der Waals surface area contributed by atoms with E-state index in [9.17, 15) is 4.79 Å². The number of benzene rings is 2. The van der Waals surface area contributed by atoms with Gasteiger partial charge in [-0.25, -0.2) is 4.39 Å². The van der Waals surface area contributed by atoms with Crippen molar-refractivity contribution in [1.29, 1.82) is 0 Å². The largest absolute Gasteiger partial charge is 0.493 e. The molecule has 0 radical (unpaired) electrons. The van der Waals surface area contributed by atoms with Gasteiger partial charge in [0.2, 0.25) is 0 Å². The van der Waals surface area contributed by atoms with E-state index in [1.165, 1.54) is 49.2 Å². The lowest BCUT2D eigenvalue weighted by atomic mass is 9.79. The molecule has 2 aromatic carbocycles. The average molecular weight is 420 g/mol. The van der Waals surface area contributed by atoms with Gasteiger partial charge in [0, 0.05) is 6.92 Å². The molecule has 0 amide bonds. The van der Waals surface area contributed by atoms with Crippen LogP contribution in [0.1, 0.15) is 43.9 Å². The van der Waals surface area contributed by atoms with E-state index < -0.39 is 23.7 Å². The van der Waals surface area contributed by atoms with Gasteiger partial charge < -0.3 is 23.7 Å². The van der Waals surface area contributed by atoms with E-state index in [0.717, 1.165) is 0 Å². The summed E-state index contributed by atoms with van der Waals surface area (Å²) < 4.78 is 42.5. The Kier molecular flexibility index (Phi) is 7.54. The Morgan fingerprint density at radius 2 is 1.23 bits per heavy atom. The van der Waals surface area contributed by atoms with E-state index in [-0.39, 0.29) is 0 Å². The number of hydrogen-bond acceptors (Lipinski definition) is 6. The highest BCUT2D eigenvalue weighted by Gasteiger charge is 2.41. The maximum atomic E-state index is 15.6. The van der Waals surface area contributed by atoms with Gasteiger partial charge in [-0.15, -0.1) is 0 Å². The third kappa shape index (κ3) is 5.14. The fourth-order valence-electron chi connectivity index (χ4n) is 3.51. The van der Waals surface area contributed by atoms with Crippen molar-refractivity contribution in [2.45, 2.75) is 38.5 Å². The van der Waals surface area contributed by atoms with Gasteiger partial charge in [-0.2, -0.15) is 0 Å². The molecule has 164 valence electrons. The molecule has 0 aliphatic heterocycles. The number of halogens is 1. The summed E-state index contributed by atoms with van der Waals surface area (Å²) in [4.78, 5) is 11.9. The van der Waals surface area contributed by atoms with Crippen LogP contribution in [0.3, 0.4) is 0 Å². The van der Waals surface area contributed by atoms with Crippen molar-refractivity contribution in [1.82, 2.24) is 0 Å². The van der Waals surface area contributed by atoms with Crippen LogP contribution in [0.25, 0.3) is 0 Å². The molecule has 0 spiro atoms. The van der Waals surface area contributed by atoms with Gasteiger partial charge in [-0.3, -0.25) is 4.79 Å². The topological polar surface area (TPSA) is 63.2 Å². The standard InChI is InChI=1S/C23H29FO6/c1-14(25)30-22(16-9-11-18(27-5)20(13-16)29-7)21(23(2,3)24)15-8-10-17(26-4)19(12-15)28-6/h8-13,21-22H,1-7H3/t21-,22-/m0/s1. The molecule has 2 rings (SSSR count). The van der Waals surface area contributed by atoms with E-state index in [0.29, 0.717) is 34.1 Å². The summed E-state index contributed by atoms with van der Waals surface area (Å²) in [6.07, 6.45) is -0.916. The number of carbonyl (C=O) groups excluding carboxylic acids is 1. The molecule has 0 aliphatic rings. The predicted octanol–water partition coefficient (Wildman–Crippen LogP) is 4.86. The van der Waals surface area contributed by atoms with Crippen molar-refractivity contribution in [3.63, 3.8) is 0 Å². The van der Waals surface area contributed by atoms with Gasteiger partial charge in [0.15, 0.2) is 23.0 Å². The van der Waals surface area contributed by atoms with E-state index in [1.807, 2.05) is 0 Å². The Hall–Kier alpha value is -2.96. The summed E-state index contributed by atoms with van der Waals surface area (Å²) in [7, 11) is 6.07. The quantitative estimate of drug-likeness (QED) is 0.540. The fraction of sp³-hybridized carbons (Fsp3) is 0.435. The zero-order valence-electron chi connectivity index (χ0n) is 18.4. The number of esters is 1. The molecular weight excluding hydrogens is 391 g/mol. The number of hydrogen-bond donors (Lipinski definition) is 0. The second kappa shape index (κ2) is 9.69. The minimum atomic E-state index is -1.74. The Balaban J connectivity index is 2.67. The molecule has 7 heteroatoms. The molecule has 30 heavy (non-hydrogen) atoms. The summed E-state index contributed by atoms with van der Waals surface area (Å²) in [6, 6.07) is 10.3. The van der Waals surface area contributed by atoms with Crippen LogP contribution < -0.4 is 18.9 Å². The summed E-state index contributed by atoms with van der Waals surface area (Å²) in [5.74, 6) is 0.591. The molecule has 0 saturated carbocycles. The Morgan fingerprint density at radius 1 is 0.800 bits per heavy atom. The van der Waals surface area contributed by atoms with Crippen LogP contribution in [0.5, 0.6) is 23.0 Å². The van der Waals surface area contributed by atoms with Gasteiger partial charge in [0.25, 0.3) is 0 Å². The van der Waals surface area contributed by atoms with Gasteiger partial charge in [0.05, 0.1) is 34.4 Å². The molecule has 0 aliphatic carbocycles. The van der Waals surface area contributed by atoms with Crippen molar-refractivity contribution in [2.75, 3.05) is 28.4 Å². The SMILES string of the molecule is COc1ccc([C@H](OC(C)=O)[C@H](c2ccc(OC)c(OC)c2)C(C)(C)F)cc1OC. The van der Waals surface area contributed by atoms with E-state index in [4.69, 9.17) is 23.7 Å². The van der Waals surface area contributed by atoms with E-state index >= 15 is 4.39 Å². The maximum Gasteiger partial charge on any atom is 0.303 e. The summed E-state index contributed by atoms with van der Waals surface area (Å²) in [5, 5.41) is 0. The second-order valence-electron chi connectivity index (χ2n) is 7.30. The van der Waals surface area contributed by atoms with Crippen LogP contribution >= 0.6 is 0 Å². The van der Waals surface area contributed by atoms with E-state index in [1.54, 1.807) is 36.4 Å². The van der Waals surface area contributed by atoms with Gasteiger partial charge in [0.1, 0.15) is 11.8 Å². The highest BCUT2D eigenvalue weighted by Crippen LogP contribution is 2.46. The van der Waals surface area contributed by atoms with Crippen molar-refractivity contribution in [2.24, 2.45) is 0 Å². The van der Waals surface area contributed by atoms with Crippen LogP contribution in [0.4, 0.5) is 4.39 Å². The molecular formula is C23H29FO6. The van der Waals surface area contributed by atoms with Gasteiger partial charge >= 0.3 is 5.97 Å². The smallest absolute Gasteiger partial charge is 0.303 e. The average Bonchev–Trinajstić information content (AvgIpc) is 2.71. The maximum absolute atomic E-state index is 15.6. The molecule has 2 aromatic rings. The van der Waals surface area contributed by atoms with Crippen molar-refractivity contribution < 1.29 is 32.9 Å². The summed E-state index contributed by atoms with van der Waals surface area (Å²) in [6.45, 7) is 4.20. The number of ether oxygens (including phenoxy) is 5. The molecule has 0 aromatic heterocycles. The number of alkyl halides is 1. The number of methoxy groups -OCH3 is 4. The lowest BCUT2D eigenvalue weighted by molar-refractivity contribution is -0.150. The minimum Gasteiger partial charge on any atom is -0.493 e. The first-order chi connectivity index (χ1) is 14.2. The highest BCUT2D eigenvalue weighted by molar-refractivity contribution is 5.66. The molecule has 6 nitrogen and oxygen atoms in total. The first-order valence-corrected chi connectivity index (χ1v) is 9.46. The van der Waals surface area contributed by atoms with Gasteiger partial charge in [-0.1, -0.05) is 12.1 Å². The zero-order chi connectivity index (χ0) is 22.5. The van der Waals surface area contributed by atoms with Gasteiger partial charge in [-0.05, 0) is 49.2 Å². The van der Waals surface area contributed by atoms with Crippen LogP contribution in [0.2, 0.25) is 0 Å². The predicted molar refractivity (Wildman–Crippen MR) is 112 cm³/mol. The highest BCUT2D eigenvalue weighted by atomic mass is 19.1. The third-order valence-corrected chi connectivity index (χ3v) is 4.84. The van der Waals surface area contributed by atoms with Crippen molar-refractivity contribution in [3.8, 4) is 23.0 Å². The molecule has 0 fully saturated rings. The van der Waals surface area contributed by atoms with Crippen LogP contribution in [-0.4, -0.2) is 40.1 Å².